The molecular weight excluding hydrogens is 1090 g/mol. The molecule has 11 rings (SSSR count). The first kappa shape index (κ1) is 59.0. The summed E-state index contributed by atoms with van der Waals surface area (Å²) in [7, 11) is 8.90. The number of benzene rings is 2. The van der Waals surface area contributed by atoms with Crippen molar-refractivity contribution >= 4 is 69.6 Å². The molecule has 23 heteroatoms. The number of rotatable bonds is 15. The van der Waals surface area contributed by atoms with E-state index < -0.39 is 72.7 Å². The van der Waals surface area contributed by atoms with Crippen molar-refractivity contribution in [2.75, 3.05) is 81.9 Å². The van der Waals surface area contributed by atoms with Crippen LogP contribution in [0.2, 0.25) is 0 Å². The van der Waals surface area contributed by atoms with Gasteiger partial charge in [-0.15, -0.1) is 5.06 Å². The van der Waals surface area contributed by atoms with Gasteiger partial charge in [-0.05, 0) is 103 Å². The summed E-state index contributed by atoms with van der Waals surface area (Å²) < 4.78 is 35.3. The molecule has 4 aromatic rings. The smallest absolute Gasteiger partial charge is 0.352 e. The molecule has 4 amide bonds. The number of ether oxygens (including phenoxy) is 6. The van der Waals surface area contributed by atoms with Gasteiger partial charge in [0.05, 0.1) is 101 Å². The second-order valence-corrected chi connectivity index (χ2v) is 22.4. The summed E-state index contributed by atoms with van der Waals surface area (Å²) in [4.78, 5) is 113. The van der Waals surface area contributed by atoms with E-state index >= 15 is 0 Å². The summed E-state index contributed by atoms with van der Waals surface area (Å²) in [5.74, 6) is -3.68. The van der Waals surface area contributed by atoms with E-state index in [2.05, 4.69) is 34.3 Å². The molecular formula is C61H73N7O16. The minimum atomic E-state index is -1.12. The first-order valence-corrected chi connectivity index (χ1v) is 28.6. The predicted molar refractivity (Wildman–Crippen MR) is 302 cm³/mol. The monoisotopic (exact) mass is 1160 g/mol. The van der Waals surface area contributed by atoms with Gasteiger partial charge in [-0.2, -0.15) is 0 Å². The second-order valence-electron chi connectivity index (χ2n) is 22.4. The molecule has 0 radical (unpaired) electrons. The van der Waals surface area contributed by atoms with Gasteiger partial charge >= 0.3 is 35.9 Å². The summed E-state index contributed by atoms with van der Waals surface area (Å²) in [5.41, 5.74) is 5.76. The molecule has 2 aromatic carbocycles. The number of allylic oxidation sites excluding steroid dienone is 2. The number of amides is 4. The van der Waals surface area contributed by atoms with Crippen molar-refractivity contribution in [1.29, 1.82) is 0 Å². The number of hydrogen-bond donors (Lipinski definition) is 3. The zero-order valence-corrected chi connectivity index (χ0v) is 48.5. The highest BCUT2D eigenvalue weighted by Crippen LogP contribution is 2.54. The van der Waals surface area contributed by atoms with Crippen molar-refractivity contribution in [3.05, 3.63) is 94.7 Å². The van der Waals surface area contributed by atoms with Crippen LogP contribution in [0.5, 0.6) is 11.5 Å². The Bertz CT molecular complexity index is 3370. The summed E-state index contributed by atoms with van der Waals surface area (Å²) in [5, 5.41) is 16.6. The van der Waals surface area contributed by atoms with Gasteiger partial charge in [-0.1, -0.05) is 51.0 Å². The Labute approximate surface area is 485 Å². The summed E-state index contributed by atoms with van der Waals surface area (Å²) in [6.45, 7) is 6.16. The van der Waals surface area contributed by atoms with Crippen LogP contribution in [0.25, 0.3) is 21.8 Å². The third-order valence-corrected chi connectivity index (χ3v) is 18.5. The number of aromatic nitrogens is 2. The Morgan fingerprint density at radius 1 is 0.619 bits per heavy atom. The highest BCUT2D eigenvalue weighted by Gasteiger charge is 2.61. The molecule has 23 nitrogen and oxygen atoms in total. The van der Waals surface area contributed by atoms with Crippen LogP contribution in [0, 0.1) is 47.3 Å². The van der Waals surface area contributed by atoms with Crippen LogP contribution in [0.3, 0.4) is 0 Å². The number of carboxylic acid groups (broad SMARTS) is 1. The topological polar surface area (TPSA) is 265 Å². The second kappa shape index (κ2) is 24.6. The van der Waals surface area contributed by atoms with Crippen LogP contribution in [0.1, 0.15) is 80.6 Å². The Morgan fingerprint density at radius 3 is 1.45 bits per heavy atom. The third kappa shape index (κ3) is 10.3. The van der Waals surface area contributed by atoms with Crippen LogP contribution >= 0.6 is 0 Å². The van der Waals surface area contributed by atoms with Crippen LogP contribution in [0.15, 0.2) is 72.2 Å². The van der Waals surface area contributed by atoms with Gasteiger partial charge in [0, 0.05) is 48.3 Å². The average Bonchev–Trinajstić information content (AvgIpc) is 1.97. The van der Waals surface area contributed by atoms with Gasteiger partial charge in [0.25, 0.3) is 11.8 Å². The fourth-order valence-electron chi connectivity index (χ4n) is 14.8. The number of esters is 2. The zero-order valence-electron chi connectivity index (χ0n) is 48.5. The van der Waals surface area contributed by atoms with E-state index in [9.17, 15) is 38.4 Å². The molecule has 3 saturated heterocycles. The molecule has 7 aliphatic rings. The van der Waals surface area contributed by atoms with E-state index in [0.29, 0.717) is 64.5 Å². The Morgan fingerprint density at radius 2 is 1.06 bits per heavy atom. The Kier molecular flexibility index (Phi) is 17.3. The maximum absolute atomic E-state index is 14.1. The molecule has 1 saturated carbocycles. The molecule has 2 aliphatic carbocycles. The number of hydrogen-bond acceptors (Lipinski definition) is 17. The predicted octanol–water partition coefficient (Wildman–Crippen LogP) is 6.06. The first-order chi connectivity index (χ1) is 40.6. The van der Waals surface area contributed by atoms with Gasteiger partial charge < -0.3 is 49.0 Å². The highest BCUT2D eigenvalue weighted by molar-refractivity contribution is 6.06. The first-order valence-electron chi connectivity index (χ1n) is 28.6. The normalized spacial score (nSPS) is 26.0. The molecule has 3 N–H and O–H groups in total. The lowest BCUT2D eigenvalue weighted by Crippen LogP contribution is -2.48. The van der Waals surface area contributed by atoms with Crippen molar-refractivity contribution < 1.29 is 76.7 Å². The fourth-order valence-corrected chi connectivity index (χ4v) is 14.8. The Balaban J connectivity index is 0.000000196. The molecule has 2 aromatic heterocycles. The van der Waals surface area contributed by atoms with E-state index in [-0.39, 0.29) is 47.6 Å². The number of nitrogens with zero attached hydrogens (tertiary/aromatic N) is 5. The third-order valence-electron chi connectivity index (χ3n) is 18.5. The molecule has 5 aliphatic heterocycles. The van der Waals surface area contributed by atoms with Gasteiger partial charge in [0.1, 0.15) is 24.6 Å². The number of piperidine rings is 2. The van der Waals surface area contributed by atoms with Crippen LogP contribution in [0.4, 0.5) is 9.59 Å². The maximum Gasteiger partial charge on any atom is 0.352 e. The van der Waals surface area contributed by atoms with Crippen LogP contribution in [-0.2, 0) is 65.4 Å². The molecule has 7 heterocycles. The molecule has 2 bridgehead atoms. The van der Waals surface area contributed by atoms with Crippen molar-refractivity contribution in [2.45, 2.75) is 70.9 Å². The standard InChI is InChI=1S/C35H40N4O9.C26H33N3O7/c1-5-18-16-37-12-11-21-30-24(7-6-8-26(30)46-3)38(31(21)25(37)14-22(18)23(17-45-2)34(43)47-4)35(44)36-15-27(40)48-39-32(41)28-19-9-10-20(13-19)29(28)33(39)42;1-5-15-13-28-10-9-16-23-19(7-6-8-21(23)35-3)29(26(33)27-12-22(30)31)24(16)20(28)11-17(15)18(14-34-2)25(32)36-4/h6-10,17-20,22,25,28-29H,5,11-16H2,1-4H3,(H,36,44);6-8,14-15,17,20H,5,9-13H2,1-4H3,(H,27,33)(H,30,31)/b23-17+;18-14+/t18-,19-,20+,22+,25+,28-,29+;15-,17+,20+/m11/s1. The van der Waals surface area contributed by atoms with Crippen molar-refractivity contribution in [1.82, 2.24) is 34.6 Å². The molecule has 10 atom stereocenters. The van der Waals surface area contributed by atoms with Crippen LogP contribution < -0.4 is 20.1 Å². The van der Waals surface area contributed by atoms with E-state index in [0.717, 1.165) is 78.6 Å². The van der Waals surface area contributed by atoms with Gasteiger partial charge in [-0.3, -0.25) is 33.3 Å². The van der Waals surface area contributed by atoms with E-state index in [4.69, 9.17) is 38.4 Å². The number of imide groups is 1. The van der Waals surface area contributed by atoms with Crippen molar-refractivity contribution in [3.63, 3.8) is 0 Å². The lowest BCUT2D eigenvalue weighted by molar-refractivity contribution is -0.198. The number of carbonyl (C=O) groups is 8. The number of carbonyl (C=O) groups excluding carboxylic acids is 7. The lowest BCUT2D eigenvalue weighted by Gasteiger charge is -2.46. The van der Waals surface area contributed by atoms with Gasteiger partial charge in [0.15, 0.2) is 0 Å². The van der Waals surface area contributed by atoms with Gasteiger partial charge in [-0.25, -0.2) is 24.0 Å². The van der Waals surface area contributed by atoms with E-state index in [1.165, 1.54) is 41.0 Å². The fraction of sp³-hybridized carbons (Fsp3) is 0.508. The largest absolute Gasteiger partial charge is 0.504 e. The molecule has 0 spiro atoms. The maximum atomic E-state index is 14.1. The lowest BCUT2D eigenvalue weighted by atomic mass is 9.74. The number of carboxylic acids is 1. The summed E-state index contributed by atoms with van der Waals surface area (Å²) in [6, 6.07) is 9.53. The van der Waals surface area contributed by atoms with Gasteiger partial charge in [0.2, 0.25) is 0 Å². The molecule has 4 fully saturated rings. The highest BCUT2D eigenvalue weighted by atomic mass is 16.7. The average molecular weight is 1160 g/mol. The SMILES string of the molecule is CC[C@@H]1CN2CCc3c(n(C(=O)NCC(=O)O)c4cccc(OC)c34)[C@@H]2C[C@@H]1/C(=C\OC)C(=O)OC.CC[C@@H]1CN2CCc3c(n(C(=O)NCC(=O)ON4C(=O)[C@@H]5[C@H](C4=O)[C@@H]4C=C[C@H]5C4)c4cccc(OC)c34)[C@@H]2C[C@@H]1/C(=C\OC)C(=O)OC. The quantitative estimate of drug-likeness (QED) is 0.0401. The number of nitrogens with one attached hydrogen (secondary N) is 2. The Hall–Kier alpha value is -8.18. The van der Waals surface area contributed by atoms with E-state index in [1.54, 1.807) is 29.4 Å². The summed E-state index contributed by atoms with van der Waals surface area (Å²) in [6.07, 6.45) is 11.8. The molecule has 84 heavy (non-hydrogen) atoms. The number of fused-ring (bicyclic) bond motifs is 15. The number of aliphatic carboxylic acids is 1. The summed E-state index contributed by atoms with van der Waals surface area (Å²) >= 11 is 0. The van der Waals surface area contributed by atoms with Crippen molar-refractivity contribution in [3.8, 4) is 11.5 Å². The molecule has 448 valence electrons. The zero-order chi connectivity index (χ0) is 59.8. The van der Waals surface area contributed by atoms with Crippen molar-refractivity contribution in [2.24, 2.45) is 47.3 Å². The number of hydroxylamine groups is 2. The minimum absolute atomic E-state index is 0.0229. The van der Waals surface area contributed by atoms with E-state index in [1.807, 2.05) is 42.5 Å². The number of methoxy groups -OCH3 is 6. The minimum Gasteiger partial charge on any atom is -0.504 e. The van der Waals surface area contributed by atoms with Crippen LogP contribution in [-0.4, -0.2) is 159 Å². The molecule has 0 unspecified atom stereocenters.